The largest absolute Gasteiger partial charge is 0.481 e. The number of carboxylic acids is 1. The zero-order valence-corrected chi connectivity index (χ0v) is 11.9. The van der Waals surface area contributed by atoms with Crippen molar-refractivity contribution in [2.45, 2.75) is 44.1 Å². The predicted octanol–water partition coefficient (Wildman–Crippen LogP) is 2.33. The van der Waals surface area contributed by atoms with Crippen LogP contribution in [0, 0.1) is 11.8 Å². The van der Waals surface area contributed by atoms with Crippen LogP contribution < -0.4 is 5.32 Å². The van der Waals surface area contributed by atoms with Gasteiger partial charge in [-0.2, -0.15) is 0 Å². The average Bonchev–Trinajstić information content (AvgIpc) is 2.46. The number of hydrogen-bond acceptors (Lipinski definition) is 2. The van der Waals surface area contributed by atoms with Gasteiger partial charge in [-0.1, -0.05) is 43.4 Å². The SMILES string of the molecule is O=C(O)CC1(NC(=O)C#Cc2ccccc2)CCCCC1. The summed E-state index contributed by atoms with van der Waals surface area (Å²) >= 11 is 0. The van der Waals surface area contributed by atoms with Gasteiger partial charge in [-0.3, -0.25) is 9.59 Å². The monoisotopic (exact) mass is 285 g/mol. The molecule has 0 saturated heterocycles. The number of rotatable bonds is 3. The molecule has 1 aromatic rings. The first-order valence-corrected chi connectivity index (χ1v) is 7.21. The fourth-order valence-corrected chi connectivity index (χ4v) is 2.79. The molecule has 2 N–H and O–H groups in total. The number of carboxylic acid groups (broad SMARTS) is 1. The number of carbonyl (C=O) groups is 2. The van der Waals surface area contributed by atoms with E-state index in [1.807, 2.05) is 30.3 Å². The van der Waals surface area contributed by atoms with E-state index < -0.39 is 17.4 Å². The Morgan fingerprint density at radius 2 is 1.81 bits per heavy atom. The van der Waals surface area contributed by atoms with Gasteiger partial charge in [0.25, 0.3) is 5.91 Å². The van der Waals surface area contributed by atoms with Crippen molar-refractivity contribution in [3.8, 4) is 11.8 Å². The maximum atomic E-state index is 12.0. The lowest BCUT2D eigenvalue weighted by molar-refractivity contribution is -0.139. The Balaban J connectivity index is 2.05. The molecule has 1 aliphatic rings. The number of hydrogen-bond donors (Lipinski definition) is 2. The summed E-state index contributed by atoms with van der Waals surface area (Å²) in [5, 5.41) is 11.9. The highest BCUT2D eigenvalue weighted by Crippen LogP contribution is 2.31. The van der Waals surface area contributed by atoms with Crippen molar-refractivity contribution in [3.63, 3.8) is 0 Å². The normalized spacial score (nSPS) is 16.4. The van der Waals surface area contributed by atoms with Crippen LogP contribution in [0.4, 0.5) is 0 Å². The van der Waals surface area contributed by atoms with Crippen molar-refractivity contribution < 1.29 is 14.7 Å². The maximum Gasteiger partial charge on any atom is 0.305 e. The summed E-state index contributed by atoms with van der Waals surface area (Å²) in [6.07, 6.45) is 4.36. The molecule has 0 bridgehead atoms. The third kappa shape index (κ3) is 4.64. The molecule has 1 saturated carbocycles. The smallest absolute Gasteiger partial charge is 0.305 e. The predicted molar refractivity (Wildman–Crippen MR) is 79.5 cm³/mol. The van der Waals surface area contributed by atoms with Gasteiger partial charge in [0.1, 0.15) is 0 Å². The van der Waals surface area contributed by atoms with Gasteiger partial charge >= 0.3 is 5.97 Å². The van der Waals surface area contributed by atoms with E-state index in [-0.39, 0.29) is 6.42 Å². The molecule has 0 aromatic heterocycles. The third-order valence-electron chi connectivity index (χ3n) is 3.77. The van der Waals surface area contributed by atoms with Crippen LogP contribution in [0.5, 0.6) is 0 Å². The fraction of sp³-hybridized carbons (Fsp3) is 0.412. The summed E-state index contributed by atoms with van der Waals surface area (Å²) in [7, 11) is 0. The lowest BCUT2D eigenvalue weighted by atomic mass is 9.79. The van der Waals surface area contributed by atoms with Crippen molar-refractivity contribution >= 4 is 11.9 Å². The van der Waals surface area contributed by atoms with Crippen LogP contribution in [0.15, 0.2) is 30.3 Å². The zero-order valence-electron chi connectivity index (χ0n) is 11.9. The van der Waals surface area contributed by atoms with E-state index in [1.165, 1.54) is 0 Å². The zero-order chi connectivity index (χ0) is 15.1. The highest BCUT2D eigenvalue weighted by atomic mass is 16.4. The molecule has 0 aliphatic heterocycles. The molecule has 4 nitrogen and oxygen atoms in total. The van der Waals surface area contributed by atoms with Crippen molar-refractivity contribution in [1.29, 1.82) is 0 Å². The Morgan fingerprint density at radius 1 is 1.14 bits per heavy atom. The minimum atomic E-state index is -0.881. The van der Waals surface area contributed by atoms with Crippen LogP contribution in [0.25, 0.3) is 0 Å². The lowest BCUT2D eigenvalue weighted by Gasteiger charge is -2.36. The van der Waals surface area contributed by atoms with Crippen molar-refractivity contribution in [2.24, 2.45) is 0 Å². The molecule has 0 spiro atoms. The number of benzene rings is 1. The van der Waals surface area contributed by atoms with Gasteiger partial charge in [0.05, 0.1) is 12.0 Å². The second-order valence-electron chi connectivity index (χ2n) is 5.48. The highest BCUT2D eigenvalue weighted by Gasteiger charge is 2.35. The van der Waals surface area contributed by atoms with Crippen LogP contribution in [0.1, 0.15) is 44.1 Å². The van der Waals surface area contributed by atoms with Gasteiger partial charge in [-0.05, 0) is 25.0 Å². The quantitative estimate of drug-likeness (QED) is 0.838. The minimum Gasteiger partial charge on any atom is -0.481 e. The van der Waals surface area contributed by atoms with E-state index in [2.05, 4.69) is 17.2 Å². The Hall–Kier alpha value is -2.28. The van der Waals surface area contributed by atoms with E-state index >= 15 is 0 Å². The van der Waals surface area contributed by atoms with Gasteiger partial charge in [-0.25, -0.2) is 0 Å². The number of nitrogens with one attached hydrogen (secondary N) is 1. The van der Waals surface area contributed by atoms with Gasteiger partial charge in [-0.15, -0.1) is 0 Å². The second-order valence-corrected chi connectivity index (χ2v) is 5.48. The molecule has 21 heavy (non-hydrogen) atoms. The molecule has 110 valence electrons. The Morgan fingerprint density at radius 3 is 2.43 bits per heavy atom. The third-order valence-corrected chi connectivity index (χ3v) is 3.77. The second kappa shape index (κ2) is 6.94. The molecule has 1 amide bonds. The topological polar surface area (TPSA) is 66.4 Å². The van der Waals surface area contributed by atoms with Crippen LogP contribution in [-0.4, -0.2) is 22.5 Å². The van der Waals surface area contributed by atoms with Gasteiger partial charge in [0, 0.05) is 11.5 Å². The summed E-state index contributed by atoms with van der Waals surface area (Å²) in [6, 6.07) is 9.25. The first-order valence-electron chi connectivity index (χ1n) is 7.21. The average molecular weight is 285 g/mol. The van der Waals surface area contributed by atoms with E-state index in [4.69, 9.17) is 5.11 Å². The molecule has 0 atom stereocenters. The van der Waals surface area contributed by atoms with E-state index in [0.29, 0.717) is 12.8 Å². The van der Waals surface area contributed by atoms with Crippen molar-refractivity contribution in [2.75, 3.05) is 0 Å². The molecule has 0 radical (unpaired) electrons. The number of aliphatic carboxylic acids is 1. The molecule has 0 heterocycles. The summed E-state index contributed by atoms with van der Waals surface area (Å²) in [5.74, 6) is 4.06. The van der Waals surface area contributed by atoms with E-state index in [1.54, 1.807) is 0 Å². The molecular weight excluding hydrogens is 266 g/mol. The first kappa shape index (κ1) is 15.1. The maximum absolute atomic E-state index is 12.0. The molecule has 1 aromatic carbocycles. The lowest BCUT2D eigenvalue weighted by Crippen LogP contribution is -2.50. The minimum absolute atomic E-state index is 0.0360. The van der Waals surface area contributed by atoms with Crippen LogP contribution in [0.2, 0.25) is 0 Å². The van der Waals surface area contributed by atoms with Gasteiger partial charge in [0.2, 0.25) is 0 Å². The molecule has 0 unspecified atom stereocenters. The van der Waals surface area contributed by atoms with Crippen molar-refractivity contribution in [1.82, 2.24) is 5.32 Å². The summed E-state index contributed by atoms with van der Waals surface area (Å²) in [5.41, 5.74) is 0.135. The number of amides is 1. The molecule has 1 fully saturated rings. The summed E-state index contributed by atoms with van der Waals surface area (Å²) in [4.78, 5) is 23.0. The number of carbonyl (C=O) groups excluding carboxylic acids is 1. The van der Waals surface area contributed by atoms with Crippen LogP contribution in [0.3, 0.4) is 0 Å². The summed E-state index contributed by atoms with van der Waals surface area (Å²) in [6.45, 7) is 0. The fourth-order valence-electron chi connectivity index (χ4n) is 2.79. The highest BCUT2D eigenvalue weighted by molar-refractivity contribution is 5.94. The van der Waals surface area contributed by atoms with E-state index in [0.717, 1.165) is 24.8 Å². The Bertz CT molecular complexity index is 563. The van der Waals surface area contributed by atoms with Crippen molar-refractivity contribution in [3.05, 3.63) is 35.9 Å². The summed E-state index contributed by atoms with van der Waals surface area (Å²) < 4.78 is 0. The standard InChI is InChI=1S/C17H19NO3/c19-15(10-9-14-7-3-1-4-8-14)18-17(13-16(20)21)11-5-2-6-12-17/h1,3-4,7-8H,2,5-6,11-13H2,(H,18,19)(H,20,21). The Labute approximate surface area is 124 Å². The van der Waals surface area contributed by atoms with E-state index in [9.17, 15) is 9.59 Å². The molecule has 4 heteroatoms. The molecule has 2 rings (SSSR count). The van der Waals surface area contributed by atoms with Crippen LogP contribution in [-0.2, 0) is 9.59 Å². The van der Waals surface area contributed by atoms with Crippen LogP contribution >= 0.6 is 0 Å². The van der Waals surface area contributed by atoms with Gasteiger partial charge in [0.15, 0.2) is 0 Å². The van der Waals surface area contributed by atoms with Gasteiger partial charge < -0.3 is 10.4 Å². The molecular formula is C17H19NO3. The Kier molecular flexibility index (Phi) is 4.99. The molecule has 1 aliphatic carbocycles. The first-order chi connectivity index (χ1) is 10.1.